The second-order valence-corrected chi connectivity index (χ2v) is 7.22. The molecule has 0 unspecified atom stereocenters. The lowest BCUT2D eigenvalue weighted by atomic mass is 9.68. The number of carbonyl (C=O) groups excluding carboxylic acids is 1. The second-order valence-electron chi connectivity index (χ2n) is 7.22. The SMILES string of the molecule is CCC(=O)C(CC[NH+]1CCCCC1)(c1ccccc1)c1ccccc1.[Br-]. The molecule has 3 heteroatoms. The van der Waals surface area contributed by atoms with Gasteiger partial charge < -0.3 is 21.9 Å². The smallest absolute Gasteiger partial charge is 0.147 e. The van der Waals surface area contributed by atoms with Crippen LogP contribution < -0.4 is 21.9 Å². The molecule has 140 valence electrons. The molecule has 0 spiro atoms. The van der Waals surface area contributed by atoms with Crippen molar-refractivity contribution < 1.29 is 26.7 Å². The Morgan fingerprint density at radius 2 is 1.38 bits per heavy atom. The Labute approximate surface area is 168 Å². The molecule has 0 aliphatic carbocycles. The summed E-state index contributed by atoms with van der Waals surface area (Å²) in [7, 11) is 0. The van der Waals surface area contributed by atoms with E-state index in [2.05, 4.69) is 48.5 Å². The first-order valence-corrected chi connectivity index (χ1v) is 9.75. The summed E-state index contributed by atoms with van der Waals surface area (Å²) in [5, 5.41) is 0. The standard InChI is InChI=1S/C23H29NO.BrH/c1-2-22(25)23(20-12-6-3-7-13-20,21-14-8-4-9-15-21)16-19-24-17-10-5-11-18-24;/h3-4,6-9,12-15H,2,5,10-11,16-19H2,1H3;1H. The molecule has 0 amide bonds. The maximum Gasteiger partial charge on any atom is 0.147 e. The minimum atomic E-state index is -0.512. The van der Waals surface area contributed by atoms with Crippen LogP contribution in [0.1, 0.15) is 50.2 Å². The highest BCUT2D eigenvalue weighted by Crippen LogP contribution is 2.37. The molecular weight excluding hydrogens is 386 g/mol. The fourth-order valence-corrected chi connectivity index (χ4v) is 4.33. The fraction of sp³-hybridized carbons (Fsp3) is 0.435. The number of Topliss-reactive ketones (excluding diaryl/α,β-unsaturated/α-hetero) is 1. The molecule has 0 atom stereocenters. The summed E-state index contributed by atoms with van der Waals surface area (Å²) in [5.41, 5.74) is 1.77. The van der Waals surface area contributed by atoms with Gasteiger partial charge in [0, 0.05) is 12.8 Å². The van der Waals surface area contributed by atoms with Crippen LogP contribution in [0.3, 0.4) is 0 Å². The molecule has 2 nitrogen and oxygen atoms in total. The van der Waals surface area contributed by atoms with E-state index in [1.54, 1.807) is 4.90 Å². The van der Waals surface area contributed by atoms with Crippen molar-refractivity contribution in [1.29, 1.82) is 0 Å². The van der Waals surface area contributed by atoms with Crippen LogP contribution >= 0.6 is 0 Å². The van der Waals surface area contributed by atoms with Crippen molar-refractivity contribution in [2.45, 2.75) is 44.4 Å². The van der Waals surface area contributed by atoms with E-state index in [0.717, 1.165) is 24.1 Å². The Bertz CT molecular complexity index is 626. The molecule has 0 radical (unpaired) electrons. The number of rotatable bonds is 7. The van der Waals surface area contributed by atoms with Gasteiger partial charge in [0.1, 0.15) is 5.78 Å². The average molecular weight is 416 g/mol. The normalized spacial score (nSPS) is 15.3. The third-order valence-corrected chi connectivity index (χ3v) is 5.74. The molecule has 1 saturated heterocycles. The molecule has 1 aliphatic rings. The van der Waals surface area contributed by atoms with Gasteiger partial charge in [0.15, 0.2) is 0 Å². The summed E-state index contributed by atoms with van der Waals surface area (Å²) in [6.45, 7) is 5.56. The molecule has 1 heterocycles. The van der Waals surface area contributed by atoms with Gasteiger partial charge in [0.2, 0.25) is 0 Å². The number of benzene rings is 2. The highest BCUT2D eigenvalue weighted by atomic mass is 79.9. The molecule has 1 N–H and O–H groups in total. The zero-order valence-corrected chi connectivity index (χ0v) is 17.3. The molecule has 2 aromatic carbocycles. The van der Waals surface area contributed by atoms with Crippen LogP contribution in [0.25, 0.3) is 0 Å². The maximum atomic E-state index is 13.3. The summed E-state index contributed by atoms with van der Waals surface area (Å²) in [4.78, 5) is 15.0. The Kier molecular flexibility index (Phi) is 8.05. The molecule has 1 aliphatic heterocycles. The van der Waals surface area contributed by atoms with Crippen LogP contribution in [0.5, 0.6) is 0 Å². The van der Waals surface area contributed by atoms with Crippen LogP contribution in [-0.2, 0) is 10.2 Å². The van der Waals surface area contributed by atoms with Crippen LogP contribution in [-0.4, -0.2) is 25.4 Å². The zero-order chi connectivity index (χ0) is 17.5. The van der Waals surface area contributed by atoms with Gasteiger partial charge in [-0.25, -0.2) is 0 Å². The Morgan fingerprint density at radius 1 is 0.885 bits per heavy atom. The predicted octanol–water partition coefficient (Wildman–Crippen LogP) is 0.415. The minimum Gasteiger partial charge on any atom is -1.00 e. The number of quaternary nitrogens is 1. The third kappa shape index (κ3) is 4.44. The van der Waals surface area contributed by atoms with Gasteiger partial charge in [-0.15, -0.1) is 0 Å². The van der Waals surface area contributed by atoms with Gasteiger partial charge >= 0.3 is 0 Å². The van der Waals surface area contributed by atoms with E-state index in [1.165, 1.54) is 32.4 Å². The number of hydrogen-bond donors (Lipinski definition) is 1. The van der Waals surface area contributed by atoms with E-state index in [0.29, 0.717) is 12.2 Å². The Balaban J connectivity index is 0.00000243. The highest BCUT2D eigenvalue weighted by molar-refractivity contribution is 5.93. The van der Waals surface area contributed by atoms with E-state index < -0.39 is 5.41 Å². The fourth-order valence-electron chi connectivity index (χ4n) is 4.33. The lowest BCUT2D eigenvalue weighted by Gasteiger charge is -2.35. The lowest BCUT2D eigenvalue weighted by molar-refractivity contribution is -0.905. The topological polar surface area (TPSA) is 21.5 Å². The average Bonchev–Trinajstić information content (AvgIpc) is 2.70. The first-order valence-electron chi connectivity index (χ1n) is 9.75. The number of halogens is 1. The van der Waals surface area contributed by atoms with Crippen LogP contribution in [0.4, 0.5) is 0 Å². The molecule has 0 saturated carbocycles. The lowest BCUT2D eigenvalue weighted by Crippen LogP contribution is -3.13. The van der Waals surface area contributed by atoms with E-state index in [1.807, 2.05) is 19.1 Å². The number of nitrogens with one attached hydrogen (secondary N) is 1. The Morgan fingerprint density at radius 3 is 1.85 bits per heavy atom. The number of carbonyl (C=O) groups is 1. The molecular formula is C23H30BrNO. The first-order chi connectivity index (χ1) is 12.3. The summed E-state index contributed by atoms with van der Waals surface area (Å²) in [6, 6.07) is 20.8. The molecule has 1 fully saturated rings. The quantitative estimate of drug-likeness (QED) is 0.694. The maximum absolute atomic E-state index is 13.3. The number of hydrogen-bond acceptors (Lipinski definition) is 1. The van der Waals surface area contributed by atoms with Crippen LogP contribution in [0, 0.1) is 0 Å². The first kappa shape index (κ1) is 20.9. The van der Waals surface area contributed by atoms with E-state index in [9.17, 15) is 4.79 Å². The van der Waals surface area contributed by atoms with E-state index in [4.69, 9.17) is 0 Å². The molecule has 0 aromatic heterocycles. The largest absolute Gasteiger partial charge is 1.00 e. The summed E-state index contributed by atoms with van der Waals surface area (Å²) in [5.74, 6) is 0.335. The summed E-state index contributed by atoms with van der Waals surface area (Å²) < 4.78 is 0. The van der Waals surface area contributed by atoms with Crippen molar-refractivity contribution in [2.24, 2.45) is 0 Å². The monoisotopic (exact) mass is 415 g/mol. The predicted molar refractivity (Wildman–Crippen MR) is 103 cm³/mol. The van der Waals surface area contributed by atoms with Crippen molar-refractivity contribution >= 4 is 5.78 Å². The van der Waals surface area contributed by atoms with Crippen molar-refractivity contribution in [2.75, 3.05) is 19.6 Å². The third-order valence-electron chi connectivity index (χ3n) is 5.74. The molecule has 26 heavy (non-hydrogen) atoms. The van der Waals surface area contributed by atoms with Crippen LogP contribution in [0.2, 0.25) is 0 Å². The Hall–Kier alpha value is -1.45. The van der Waals surface area contributed by atoms with Gasteiger partial charge in [-0.05, 0) is 30.4 Å². The van der Waals surface area contributed by atoms with Crippen LogP contribution in [0.15, 0.2) is 60.7 Å². The van der Waals surface area contributed by atoms with Gasteiger partial charge in [-0.3, -0.25) is 4.79 Å². The van der Waals surface area contributed by atoms with Gasteiger partial charge in [0.25, 0.3) is 0 Å². The number of piperidine rings is 1. The summed E-state index contributed by atoms with van der Waals surface area (Å²) in [6.07, 6.45) is 5.46. The summed E-state index contributed by atoms with van der Waals surface area (Å²) >= 11 is 0. The van der Waals surface area contributed by atoms with E-state index >= 15 is 0 Å². The number of ketones is 1. The minimum absolute atomic E-state index is 0. The molecule has 3 rings (SSSR count). The van der Waals surface area contributed by atoms with Gasteiger partial charge in [-0.2, -0.15) is 0 Å². The van der Waals surface area contributed by atoms with Crippen molar-refractivity contribution in [3.63, 3.8) is 0 Å². The van der Waals surface area contributed by atoms with Gasteiger partial charge in [-0.1, -0.05) is 67.6 Å². The zero-order valence-electron chi connectivity index (χ0n) is 15.7. The number of likely N-dealkylation sites (tertiary alicyclic amines) is 1. The van der Waals surface area contributed by atoms with Gasteiger partial charge in [0.05, 0.1) is 25.0 Å². The van der Waals surface area contributed by atoms with Crippen molar-refractivity contribution in [1.82, 2.24) is 0 Å². The molecule has 0 bridgehead atoms. The second kappa shape index (κ2) is 10.0. The van der Waals surface area contributed by atoms with E-state index in [-0.39, 0.29) is 17.0 Å². The van der Waals surface area contributed by atoms with Crippen molar-refractivity contribution in [3.05, 3.63) is 71.8 Å². The molecule has 2 aromatic rings. The highest BCUT2D eigenvalue weighted by Gasteiger charge is 2.41. The van der Waals surface area contributed by atoms with Crippen molar-refractivity contribution in [3.8, 4) is 0 Å².